The molecule has 0 saturated carbocycles. The summed E-state index contributed by atoms with van der Waals surface area (Å²) in [6.07, 6.45) is -0.566. The van der Waals surface area contributed by atoms with Crippen molar-refractivity contribution in [3.63, 3.8) is 0 Å². The fourth-order valence-corrected chi connectivity index (χ4v) is 1.63. The molecule has 0 aliphatic carbocycles. The number of nitrogens with one attached hydrogen (secondary N) is 1. The summed E-state index contributed by atoms with van der Waals surface area (Å²) < 4.78 is 18.6. The lowest BCUT2D eigenvalue weighted by Gasteiger charge is -2.11. The summed E-state index contributed by atoms with van der Waals surface area (Å²) in [5.74, 6) is -0.154. The Morgan fingerprint density at radius 1 is 1.53 bits per heavy atom. The zero-order valence-electron chi connectivity index (χ0n) is 10.0. The number of carbonyl (C=O) groups is 1. The van der Waals surface area contributed by atoms with Crippen LogP contribution in [0.4, 0.5) is 14.9 Å². The molecule has 0 spiro atoms. The molecule has 0 aliphatic heterocycles. The van der Waals surface area contributed by atoms with E-state index in [0.717, 1.165) is 5.56 Å². The average molecular weight is 304 g/mol. The number of benzene rings is 1. The zero-order valence-corrected chi connectivity index (χ0v) is 11.6. The molecule has 1 rings (SSSR count). The monoisotopic (exact) mass is 303 g/mol. The summed E-state index contributed by atoms with van der Waals surface area (Å²) in [5, 5.41) is 2.51. The van der Waals surface area contributed by atoms with Crippen LogP contribution < -0.4 is 5.32 Å². The van der Waals surface area contributed by atoms with Crippen LogP contribution in [0.25, 0.3) is 0 Å². The van der Waals surface area contributed by atoms with E-state index < -0.39 is 11.9 Å². The first-order chi connectivity index (χ1) is 7.90. The fraction of sp³-hybridized carbons (Fsp3) is 0.417. The molecule has 0 aromatic heterocycles. The summed E-state index contributed by atoms with van der Waals surface area (Å²) in [7, 11) is 0. The lowest BCUT2D eigenvalue weighted by molar-refractivity contribution is 0.147. The minimum atomic E-state index is -0.566. The van der Waals surface area contributed by atoms with Gasteiger partial charge in [0.15, 0.2) is 0 Å². The largest absolute Gasteiger partial charge is 0.449 e. The Bertz CT molecular complexity index is 421. The van der Waals surface area contributed by atoms with Crippen molar-refractivity contribution in [2.45, 2.75) is 20.8 Å². The van der Waals surface area contributed by atoms with E-state index in [0.29, 0.717) is 16.8 Å². The summed E-state index contributed by atoms with van der Waals surface area (Å²) in [4.78, 5) is 11.4. The molecule has 94 valence electrons. The van der Waals surface area contributed by atoms with Crippen molar-refractivity contribution < 1.29 is 13.9 Å². The minimum Gasteiger partial charge on any atom is -0.449 e. The molecule has 17 heavy (non-hydrogen) atoms. The lowest BCUT2D eigenvalue weighted by Crippen LogP contribution is -2.17. The van der Waals surface area contributed by atoms with Crippen LogP contribution in [0.1, 0.15) is 19.4 Å². The highest BCUT2D eigenvalue weighted by atomic mass is 79.9. The number of anilines is 1. The van der Waals surface area contributed by atoms with Crippen molar-refractivity contribution in [1.29, 1.82) is 0 Å². The van der Waals surface area contributed by atoms with E-state index in [1.54, 1.807) is 13.0 Å². The van der Waals surface area contributed by atoms with Gasteiger partial charge in [-0.15, -0.1) is 0 Å². The van der Waals surface area contributed by atoms with Gasteiger partial charge < -0.3 is 4.74 Å². The fourth-order valence-electron chi connectivity index (χ4n) is 1.17. The maximum Gasteiger partial charge on any atom is 0.411 e. The first-order valence-corrected chi connectivity index (χ1v) is 6.09. The van der Waals surface area contributed by atoms with Crippen LogP contribution in [0.15, 0.2) is 16.6 Å². The van der Waals surface area contributed by atoms with Crippen LogP contribution in [-0.2, 0) is 4.74 Å². The summed E-state index contributed by atoms with van der Waals surface area (Å²) in [6.45, 7) is 6.00. The van der Waals surface area contributed by atoms with Crippen LogP contribution in [0.3, 0.4) is 0 Å². The summed E-state index contributed by atoms with van der Waals surface area (Å²) in [6, 6.07) is 2.86. The summed E-state index contributed by atoms with van der Waals surface area (Å²) >= 11 is 3.08. The molecular weight excluding hydrogens is 289 g/mol. The van der Waals surface area contributed by atoms with E-state index in [4.69, 9.17) is 4.74 Å². The van der Waals surface area contributed by atoms with Gasteiger partial charge in [-0.05, 0) is 46.5 Å². The zero-order chi connectivity index (χ0) is 13.0. The number of halogens is 2. The van der Waals surface area contributed by atoms with Crippen LogP contribution in [0.5, 0.6) is 0 Å². The highest BCUT2D eigenvalue weighted by Gasteiger charge is 2.09. The van der Waals surface area contributed by atoms with Crippen molar-refractivity contribution in [2.75, 3.05) is 11.9 Å². The molecule has 1 amide bonds. The molecule has 0 heterocycles. The number of hydrogen-bond donors (Lipinski definition) is 1. The predicted octanol–water partition coefficient (Wildman–Crippen LogP) is 4.10. The average Bonchev–Trinajstić information content (AvgIpc) is 2.23. The molecule has 1 N–H and O–H groups in total. The molecule has 0 unspecified atom stereocenters. The second-order valence-electron chi connectivity index (χ2n) is 4.20. The van der Waals surface area contributed by atoms with Crippen LogP contribution in [0, 0.1) is 18.7 Å². The number of amides is 1. The van der Waals surface area contributed by atoms with Gasteiger partial charge in [0.1, 0.15) is 5.82 Å². The van der Waals surface area contributed by atoms with E-state index in [2.05, 4.69) is 21.2 Å². The Morgan fingerprint density at radius 3 is 2.76 bits per heavy atom. The third-order valence-electron chi connectivity index (χ3n) is 2.05. The van der Waals surface area contributed by atoms with Crippen LogP contribution in [-0.4, -0.2) is 12.7 Å². The Morgan fingerprint density at radius 2 is 2.18 bits per heavy atom. The Labute approximate surface area is 108 Å². The molecule has 0 saturated heterocycles. The highest BCUT2D eigenvalue weighted by Crippen LogP contribution is 2.24. The van der Waals surface area contributed by atoms with Gasteiger partial charge in [-0.1, -0.05) is 13.8 Å². The first-order valence-electron chi connectivity index (χ1n) is 5.29. The maximum atomic E-state index is 13.3. The van der Waals surface area contributed by atoms with E-state index in [1.807, 2.05) is 13.8 Å². The SMILES string of the molecule is Cc1cc(Br)c(F)cc1NC(=O)OCC(C)C. The predicted molar refractivity (Wildman–Crippen MR) is 68.6 cm³/mol. The van der Waals surface area contributed by atoms with Crippen molar-refractivity contribution in [3.05, 3.63) is 28.0 Å². The van der Waals surface area contributed by atoms with Gasteiger partial charge >= 0.3 is 6.09 Å². The molecule has 0 fully saturated rings. The van der Waals surface area contributed by atoms with Gasteiger partial charge in [0.05, 0.1) is 11.1 Å². The number of ether oxygens (including phenoxy) is 1. The topological polar surface area (TPSA) is 38.3 Å². The third kappa shape index (κ3) is 4.34. The molecule has 0 aliphatic rings. The van der Waals surface area contributed by atoms with Gasteiger partial charge in [0.25, 0.3) is 0 Å². The number of rotatable bonds is 3. The van der Waals surface area contributed by atoms with Crippen molar-refractivity contribution in [3.8, 4) is 0 Å². The molecule has 3 nitrogen and oxygen atoms in total. The molecule has 1 aromatic rings. The van der Waals surface area contributed by atoms with E-state index in [-0.39, 0.29) is 5.92 Å². The normalized spacial score (nSPS) is 10.5. The van der Waals surface area contributed by atoms with E-state index in [1.165, 1.54) is 6.07 Å². The molecule has 0 bridgehead atoms. The maximum absolute atomic E-state index is 13.3. The molecule has 0 radical (unpaired) electrons. The smallest absolute Gasteiger partial charge is 0.411 e. The van der Waals surface area contributed by atoms with Crippen molar-refractivity contribution in [1.82, 2.24) is 0 Å². The highest BCUT2D eigenvalue weighted by molar-refractivity contribution is 9.10. The Kier molecular flexibility index (Phi) is 4.93. The van der Waals surface area contributed by atoms with Gasteiger partial charge in [0.2, 0.25) is 0 Å². The quantitative estimate of drug-likeness (QED) is 0.913. The standard InChI is InChI=1S/C12H15BrFNO2/c1-7(2)6-17-12(16)15-11-5-10(14)9(13)4-8(11)3/h4-5,7H,6H2,1-3H3,(H,15,16). The van der Waals surface area contributed by atoms with Gasteiger partial charge in [-0.25, -0.2) is 9.18 Å². The molecule has 1 aromatic carbocycles. The van der Waals surface area contributed by atoms with Crippen molar-refractivity contribution >= 4 is 27.7 Å². The molecular formula is C12H15BrFNO2. The number of carbonyl (C=O) groups excluding carboxylic acids is 1. The third-order valence-corrected chi connectivity index (χ3v) is 2.66. The second-order valence-corrected chi connectivity index (χ2v) is 5.05. The summed E-state index contributed by atoms with van der Waals surface area (Å²) in [5.41, 5.74) is 1.18. The second kappa shape index (κ2) is 6.00. The van der Waals surface area contributed by atoms with Crippen LogP contribution >= 0.6 is 15.9 Å². The van der Waals surface area contributed by atoms with Crippen LogP contribution in [0.2, 0.25) is 0 Å². The number of hydrogen-bond acceptors (Lipinski definition) is 2. The Balaban J connectivity index is 2.68. The minimum absolute atomic E-state index is 0.267. The van der Waals surface area contributed by atoms with Gasteiger partial charge in [-0.3, -0.25) is 5.32 Å². The van der Waals surface area contributed by atoms with Gasteiger partial charge in [0, 0.05) is 5.69 Å². The Hall–Kier alpha value is -1.10. The van der Waals surface area contributed by atoms with E-state index >= 15 is 0 Å². The van der Waals surface area contributed by atoms with E-state index in [9.17, 15) is 9.18 Å². The lowest BCUT2D eigenvalue weighted by atomic mass is 10.2. The molecule has 0 atom stereocenters. The molecule has 5 heteroatoms. The number of aryl methyl sites for hydroxylation is 1. The van der Waals surface area contributed by atoms with Crippen molar-refractivity contribution in [2.24, 2.45) is 5.92 Å². The van der Waals surface area contributed by atoms with Gasteiger partial charge in [-0.2, -0.15) is 0 Å². The first kappa shape index (κ1) is 14.0.